The van der Waals surface area contributed by atoms with E-state index in [4.69, 9.17) is 0 Å². The number of hydrogen-bond donors (Lipinski definition) is 2. The van der Waals surface area contributed by atoms with Gasteiger partial charge in [-0.2, -0.15) is 0 Å². The predicted octanol–water partition coefficient (Wildman–Crippen LogP) is 0.761. The van der Waals surface area contributed by atoms with Crippen molar-refractivity contribution in [2.75, 3.05) is 39.8 Å². The number of aliphatic hydroxyl groups is 1. The summed E-state index contributed by atoms with van der Waals surface area (Å²) in [7, 11) is 2.19. The summed E-state index contributed by atoms with van der Waals surface area (Å²) in [5.74, 6) is 0. The van der Waals surface area contributed by atoms with Crippen LogP contribution in [0.1, 0.15) is 33.6 Å². The molecule has 3 atom stereocenters. The smallest absolute Gasteiger partial charge is 0.0791 e. The molecule has 1 fully saturated rings. The van der Waals surface area contributed by atoms with Crippen LogP contribution in [0.4, 0.5) is 0 Å². The molecule has 108 valence electrons. The van der Waals surface area contributed by atoms with Gasteiger partial charge in [0.1, 0.15) is 0 Å². The minimum absolute atomic E-state index is 0.250. The zero-order valence-electron chi connectivity index (χ0n) is 12.5. The minimum Gasteiger partial charge on any atom is -0.390 e. The Morgan fingerprint density at radius 3 is 2.61 bits per heavy atom. The molecule has 0 aliphatic carbocycles. The molecule has 3 unspecified atom stereocenters. The van der Waals surface area contributed by atoms with Crippen molar-refractivity contribution in [1.82, 2.24) is 15.1 Å². The molecule has 0 bridgehead atoms. The molecule has 0 amide bonds. The van der Waals surface area contributed by atoms with Crippen molar-refractivity contribution in [3.05, 3.63) is 0 Å². The molecule has 0 saturated carbocycles. The topological polar surface area (TPSA) is 38.7 Å². The van der Waals surface area contributed by atoms with Crippen LogP contribution in [0.25, 0.3) is 0 Å². The van der Waals surface area contributed by atoms with Crippen molar-refractivity contribution in [2.24, 2.45) is 0 Å². The van der Waals surface area contributed by atoms with Gasteiger partial charge in [-0.1, -0.05) is 13.8 Å². The van der Waals surface area contributed by atoms with Gasteiger partial charge in [0.2, 0.25) is 0 Å². The van der Waals surface area contributed by atoms with Crippen LogP contribution in [0.2, 0.25) is 0 Å². The summed E-state index contributed by atoms with van der Waals surface area (Å²) in [6.45, 7) is 11.2. The summed E-state index contributed by atoms with van der Waals surface area (Å²) in [6.07, 6.45) is 2.13. The Morgan fingerprint density at radius 2 is 2.06 bits per heavy atom. The Balaban J connectivity index is 2.20. The molecular weight excluding hydrogens is 226 g/mol. The Bertz CT molecular complexity index is 221. The van der Waals surface area contributed by atoms with Gasteiger partial charge in [0, 0.05) is 25.2 Å². The molecule has 0 aromatic carbocycles. The first kappa shape index (κ1) is 15.9. The number of nitrogens with zero attached hydrogens (tertiary/aromatic N) is 2. The number of rotatable bonds is 7. The maximum absolute atomic E-state index is 10.0. The minimum atomic E-state index is -0.250. The van der Waals surface area contributed by atoms with Crippen LogP contribution in [0.3, 0.4) is 0 Å². The van der Waals surface area contributed by atoms with Gasteiger partial charge in [-0.15, -0.1) is 0 Å². The summed E-state index contributed by atoms with van der Waals surface area (Å²) < 4.78 is 0. The van der Waals surface area contributed by atoms with E-state index in [0.717, 1.165) is 32.7 Å². The van der Waals surface area contributed by atoms with E-state index in [1.165, 1.54) is 12.8 Å². The van der Waals surface area contributed by atoms with Crippen LogP contribution >= 0.6 is 0 Å². The molecule has 4 nitrogen and oxygen atoms in total. The van der Waals surface area contributed by atoms with E-state index in [9.17, 15) is 5.11 Å². The van der Waals surface area contributed by atoms with E-state index in [1.807, 2.05) is 0 Å². The average Bonchev–Trinajstić information content (AvgIpc) is 2.37. The molecular formula is C14H31N3O. The molecule has 0 spiro atoms. The van der Waals surface area contributed by atoms with Gasteiger partial charge in [0.25, 0.3) is 0 Å². The maximum Gasteiger partial charge on any atom is 0.0791 e. The lowest BCUT2D eigenvalue weighted by atomic mass is 9.99. The lowest BCUT2D eigenvalue weighted by molar-refractivity contribution is 0.104. The second kappa shape index (κ2) is 8.10. The highest BCUT2D eigenvalue weighted by molar-refractivity contribution is 4.82. The van der Waals surface area contributed by atoms with E-state index >= 15 is 0 Å². The fourth-order valence-electron chi connectivity index (χ4n) is 2.62. The second-order valence-corrected chi connectivity index (χ2v) is 5.60. The van der Waals surface area contributed by atoms with Gasteiger partial charge in [-0.3, -0.25) is 0 Å². The first-order valence-corrected chi connectivity index (χ1v) is 7.40. The Morgan fingerprint density at radius 1 is 1.39 bits per heavy atom. The number of likely N-dealkylation sites (tertiary alicyclic amines) is 1. The van der Waals surface area contributed by atoms with E-state index in [-0.39, 0.29) is 6.10 Å². The lowest BCUT2D eigenvalue weighted by Gasteiger charge is -2.36. The maximum atomic E-state index is 10.0. The molecule has 1 heterocycles. The third-order valence-corrected chi connectivity index (χ3v) is 4.21. The fourth-order valence-corrected chi connectivity index (χ4v) is 2.62. The van der Waals surface area contributed by atoms with E-state index in [2.05, 4.69) is 42.9 Å². The van der Waals surface area contributed by atoms with Gasteiger partial charge < -0.3 is 20.2 Å². The van der Waals surface area contributed by atoms with Crippen LogP contribution in [0, 0.1) is 0 Å². The Hall–Kier alpha value is -0.160. The summed E-state index contributed by atoms with van der Waals surface area (Å²) in [4.78, 5) is 4.67. The molecule has 0 aromatic rings. The highest BCUT2D eigenvalue weighted by Crippen LogP contribution is 2.15. The predicted molar refractivity (Wildman–Crippen MR) is 76.9 cm³/mol. The third-order valence-electron chi connectivity index (χ3n) is 4.21. The van der Waals surface area contributed by atoms with E-state index in [1.54, 1.807) is 0 Å². The van der Waals surface area contributed by atoms with Crippen molar-refractivity contribution in [2.45, 2.75) is 51.8 Å². The van der Waals surface area contributed by atoms with Crippen LogP contribution in [0.5, 0.6) is 0 Å². The lowest BCUT2D eigenvalue weighted by Crippen LogP contribution is -2.48. The second-order valence-electron chi connectivity index (χ2n) is 5.60. The normalized spacial score (nSPS) is 27.7. The number of piperidine rings is 1. The zero-order chi connectivity index (χ0) is 13.5. The number of likely N-dealkylation sites (N-methyl/N-ethyl adjacent to an activating group) is 1. The van der Waals surface area contributed by atoms with Gasteiger partial charge in [0.15, 0.2) is 0 Å². The molecule has 0 radical (unpaired) electrons. The summed E-state index contributed by atoms with van der Waals surface area (Å²) >= 11 is 0. The molecule has 1 saturated heterocycles. The zero-order valence-corrected chi connectivity index (χ0v) is 12.5. The van der Waals surface area contributed by atoms with Crippen molar-refractivity contribution < 1.29 is 5.11 Å². The fraction of sp³-hybridized carbons (Fsp3) is 1.00. The van der Waals surface area contributed by atoms with E-state index in [0.29, 0.717) is 12.1 Å². The van der Waals surface area contributed by atoms with Crippen molar-refractivity contribution in [3.8, 4) is 0 Å². The molecule has 1 aliphatic heterocycles. The molecule has 18 heavy (non-hydrogen) atoms. The average molecular weight is 257 g/mol. The molecule has 0 aromatic heterocycles. The first-order valence-electron chi connectivity index (χ1n) is 7.40. The van der Waals surface area contributed by atoms with Crippen LogP contribution < -0.4 is 5.32 Å². The standard InChI is InChI=1S/C14H31N3O/c1-5-17(6-2)11-14(18)10-15-13-7-8-16(4)12(3)9-13/h12-15,18H,5-11H2,1-4H3. The largest absolute Gasteiger partial charge is 0.390 e. The Kier molecular flexibility index (Phi) is 7.15. The molecule has 1 aliphatic rings. The van der Waals surface area contributed by atoms with Crippen molar-refractivity contribution in [1.29, 1.82) is 0 Å². The van der Waals surface area contributed by atoms with Crippen LogP contribution in [-0.2, 0) is 0 Å². The van der Waals surface area contributed by atoms with Crippen molar-refractivity contribution >= 4 is 0 Å². The number of aliphatic hydroxyl groups excluding tert-OH is 1. The third kappa shape index (κ3) is 5.22. The Labute approximate surface area is 112 Å². The van der Waals surface area contributed by atoms with Gasteiger partial charge >= 0.3 is 0 Å². The highest BCUT2D eigenvalue weighted by atomic mass is 16.3. The summed E-state index contributed by atoms with van der Waals surface area (Å²) in [5, 5.41) is 13.5. The quantitative estimate of drug-likeness (QED) is 0.706. The number of hydrogen-bond acceptors (Lipinski definition) is 4. The molecule has 2 N–H and O–H groups in total. The number of nitrogens with one attached hydrogen (secondary N) is 1. The van der Waals surface area contributed by atoms with Crippen LogP contribution in [0.15, 0.2) is 0 Å². The SMILES string of the molecule is CCN(CC)CC(O)CNC1CCN(C)C(C)C1. The molecule has 1 rings (SSSR count). The van der Waals surface area contributed by atoms with E-state index < -0.39 is 0 Å². The van der Waals surface area contributed by atoms with Gasteiger partial charge in [0.05, 0.1) is 6.10 Å². The van der Waals surface area contributed by atoms with Crippen LogP contribution in [-0.4, -0.2) is 72.9 Å². The summed E-state index contributed by atoms with van der Waals surface area (Å²) in [6, 6.07) is 1.22. The van der Waals surface area contributed by atoms with Crippen molar-refractivity contribution in [3.63, 3.8) is 0 Å². The van der Waals surface area contributed by atoms with Gasteiger partial charge in [-0.05, 0) is 46.4 Å². The van der Waals surface area contributed by atoms with Gasteiger partial charge in [-0.25, -0.2) is 0 Å². The monoisotopic (exact) mass is 257 g/mol. The highest BCUT2D eigenvalue weighted by Gasteiger charge is 2.22. The first-order chi connectivity index (χ1) is 8.56. The molecule has 4 heteroatoms. The summed E-state index contributed by atoms with van der Waals surface area (Å²) in [5.41, 5.74) is 0.